The van der Waals surface area contributed by atoms with Crippen LogP contribution >= 0.6 is 11.6 Å². The Kier molecular flexibility index (Phi) is 3.12. The Bertz CT molecular complexity index is 313. The van der Waals surface area contributed by atoms with Crippen LogP contribution in [0.5, 0.6) is 5.75 Å². The standard InChI is InChI=1S/C9H10ClFO2/c1-5(12)4-6-2-3-7(13)8(10)9(6)11/h2-3,5,12-13H,4H2,1H3. The third kappa shape index (κ3) is 2.32. The molecule has 0 aliphatic carbocycles. The quantitative estimate of drug-likeness (QED) is 0.775. The van der Waals surface area contributed by atoms with Gasteiger partial charge in [0.1, 0.15) is 16.6 Å². The number of aliphatic hydroxyl groups is 1. The zero-order valence-corrected chi connectivity index (χ0v) is 7.85. The minimum absolute atomic E-state index is 0.186. The molecule has 72 valence electrons. The molecule has 1 aromatic rings. The molecular formula is C9H10ClFO2. The zero-order valence-electron chi connectivity index (χ0n) is 7.09. The molecule has 2 nitrogen and oxygen atoms in total. The van der Waals surface area contributed by atoms with E-state index >= 15 is 0 Å². The molecule has 0 radical (unpaired) electrons. The van der Waals surface area contributed by atoms with Crippen molar-refractivity contribution < 1.29 is 14.6 Å². The Morgan fingerprint density at radius 1 is 1.54 bits per heavy atom. The van der Waals surface area contributed by atoms with Crippen LogP contribution in [0.25, 0.3) is 0 Å². The van der Waals surface area contributed by atoms with E-state index in [-0.39, 0.29) is 17.2 Å². The van der Waals surface area contributed by atoms with Crippen molar-refractivity contribution in [3.63, 3.8) is 0 Å². The van der Waals surface area contributed by atoms with Crippen LogP contribution in [0.2, 0.25) is 5.02 Å². The van der Waals surface area contributed by atoms with Gasteiger partial charge in [-0.1, -0.05) is 17.7 Å². The monoisotopic (exact) mass is 204 g/mol. The van der Waals surface area contributed by atoms with Crippen LogP contribution in [0, 0.1) is 5.82 Å². The van der Waals surface area contributed by atoms with E-state index in [0.29, 0.717) is 5.56 Å². The average molecular weight is 205 g/mol. The third-order valence-corrected chi connectivity index (χ3v) is 2.02. The van der Waals surface area contributed by atoms with Crippen molar-refractivity contribution in [1.29, 1.82) is 0 Å². The topological polar surface area (TPSA) is 40.5 Å². The molecule has 0 bridgehead atoms. The van der Waals surface area contributed by atoms with Crippen LogP contribution in [-0.4, -0.2) is 16.3 Å². The number of phenols is 1. The van der Waals surface area contributed by atoms with Gasteiger partial charge in [0.15, 0.2) is 0 Å². The molecule has 13 heavy (non-hydrogen) atoms. The highest BCUT2D eigenvalue weighted by Gasteiger charge is 2.12. The first-order valence-corrected chi connectivity index (χ1v) is 4.24. The Morgan fingerprint density at radius 3 is 2.69 bits per heavy atom. The van der Waals surface area contributed by atoms with Gasteiger partial charge in [-0.25, -0.2) is 4.39 Å². The summed E-state index contributed by atoms with van der Waals surface area (Å²) in [5.41, 5.74) is 0.304. The predicted octanol–water partition coefficient (Wildman–Crippen LogP) is 2.11. The van der Waals surface area contributed by atoms with E-state index in [1.807, 2.05) is 0 Å². The first kappa shape index (κ1) is 10.3. The summed E-state index contributed by atoms with van der Waals surface area (Å²) in [6, 6.07) is 2.71. The molecule has 4 heteroatoms. The maximum Gasteiger partial charge on any atom is 0.148 e. The van der Waals surface area contributed by atoms with E-state index < -0.39 is 11.9 Å². The molecule has 1 aromatic carbocycles. The van der Waals surface area contributed by atoms with Gasteiger partial charge in [0.25, 0.3) is 0 Å². The van der Waals surface area contributed by atoms with Crippen LogP contribution < -0.4 is 0 Å². The van der Waals surface area contributed by atoms with Crippen molar-refractivity contribution in [3.8, 4) is 5.75 Å². The molecule has 0 saturated heterocycles. The van der Waals surface area contributed by atoms with Gasteiger partial charge in [0, 0.05) is 6.42 Å². The minimum Gasteiger partial charge on any atom is -0.506 e. The molecule has 0 saturated carbocycles. The summed E-state index contributed by atoms with van der Waals surface area (Å²) in [5.74, 6) is -0.948. The molecule has 0 fully saturated rings. The van der Waals surface area contributed by atoms with E-state index in [1.165, 1.54) is 12.1 Å². The minimum atomic E-state index is -0.664. The number of aliphatic hydroxyl groups excluding tert-OH is 1. The largest absolute Gasteiger partial charge is 0.506 e. The highest BCUT2D eigenvalue weighted by Crippen LogP contribution is 2.28. The van der Waals surface area contributed by atoms with Crippen LogP contribution in [0.3, 0.4) is 0 Å². The number of rotatable bonds is 2. The molecule has 1 atom stereocenters. The number of hydrogen-bond acceptors (Lipinski definition) is 2. The number of aromatic hydroxyl groups is 1. The molecule has 2 N–H and O–H groups in total. The molecule has 0 aromatic heterocycles. The molecular weight excluding hydrogens is 195 g/mol. The molecule has 0 spiro atoms. The molecule has 0 heterocycles. The summed E-state index contributed by atoms with van der Waals surface area (Å²) in [5, 5.41) is 17.7. The number of halogens is 2. The van der Waals surface area contributed by atoms with E-state index in [2.05, 4.69) is 0 Å². The van der Waals surface area contributed by atoms with Gasteiger partial charge >= 0.3 is 0 Å². The maximum absolute atomic E-state index is 13.2. The number of benzene rings is 1. The van der Waals surface area contributed by atoms with E-state index in [1.54, 1.807) is 6.92 Å². The van der Waals surface area contributed by atoms with E-state index in [9.17, 15) is 4.39 Å². The summed E-state index contributed by atoms with van der Waals surface area (Å²) < 4.78 is 13.2. The van der Waals surface area contributed by atoms with Gasteiger partial charge in [-0.3, -0.25) is 0 Å². The molecule has 1 rings (SSSR count). The first-order chi connectivity index (χ1) is 6.02. The lowest BCUT2D eigenvalue weighted by molar-refractivity contribution is 0.194. The zero-order chi connectivity index (χ0) is 10.0. The van der Waals surface area contributed by atoms with Crippen LogP contribution in [0.1, 0.15) is 12.5 Å². The average Bonchev–Trinajstić information content (AvgIpc) is 2.06. The second-order valence-corrected chi connectivity index (χ2v) is 3.30. The van der Waals surface area contributed by atoms with Gasteiger partial charge < -0.3 is 10.2 Å². The fourth-order valence-electron chi connectivity index (χ4n) is 1.06. The maximum atomic E-state index is 13.2. The third-order valence-electron chi connectivity index (χ3n) is 1.66. The van der Waals surface area contributed by atoms with E-state index in [4.69, 9.17) is 21.8 Å². The summed E-state index contributed by atoms with van der Waals surface area (Å²) in [7, 11) is 0. The second kappa shape index (κ2) is 3.94. The SMILES string of the molecule is CC(O)Cc1ccc(O)c(Cl)c1F. The van der Waals surface area contributed by atoms with Crippen molar-refractivity contribution in [3.05, 3.63) is 28.5 Å². The molecule has 0 amide bonds. The fraction of sp³-hybridized carbons (Fsp3) is 0.333. The van der Waals surface area contributed by atoms with Gasteiger partial charge in [-0.05, 0) is 18.6 Å². The summed E-state index contributed by atoms with van der Waals surface area (Å²) in [4.78, 5) is 0. The number of hydrogen-bond donors (Lipinski definition) is 2. The number of phenolic OH excluding ortho intramolecular Hbond substituents is 1. The van der Waals surface area contributed by atoms with Crippen molar-refractivity contribution in [1.82, 2.24) is 0 Å². The fourth-order valence-corrected chi connectivity index (χ4v) is 1.24. The van der Waals surface area contributed by atoms with Crippen molar-refractivity contribution in [2.45, 2.75) is 19.4 Å². The lowest BCUT2D eigenvalue weighted by atomic mass is 10.1. The van der Waals surface area contributed by atoms with Crippen molar-refractivity contribution >= 4 is 11.6 Å². The summed E-state index contributed by atoms with van der Waals surface area (Å²) >= 11 is 5.46. The van der Waals surface area contributed by atoms with Crippen LogP contribution in [-0.2, 0) is 6.42 Å². The van der Waals surface area contributed by atoms with Crippen LogP contribution in [0.4, 0.5) is 4.39 Å². The van der Waals surface area contributed by atoms with E-state index in [0.717, 1.165) is 0 Å². The lowest BCUT2D eigenvalue weighted by Crippen LogP contribution is -2.06. The molecule has 0 aliphatic rings. The smallest absolute Gasteiger partial charge is 0.148 e. The van der Waals surface area contributed by atoms with Gasteiger partial charge in [-0.15, -0.1) is 0 Å². The Hall–Kier alpha value is -0.800. The first-order valence-electron chi connectivity index (χ1n) is 3.86. The second-order valence-electron chi connectivity index (χ2n) is 2.92. The van der Waals surface area contributed by atoms with Gasteiger partial charge in [0.2, 0.25) is 0 Å². The summed E-state index contributed by atoms with van der Waals surface area (Å²) in [6.07, 6.45) is -0.443. The highest BCUT2D eigenvalue weighted by molar-refractivity contribution is 6.32. The van der Waals surface area contributed by atoms with Crippen molar-refractivity contribution in [2.24, 2.45) is 0 Å². The van der Waals surface area contributed by atoms with Gasteiger partial charge in [-0.2, -0.15) is 0 Å². The Balaban J connectivity index is 3.04. The van der Waals surface area contributed by atoms with Crippen LogP contribution in [0.15, 0.2) is 12.1 Å². The summed E-state index contributed by atoms with van der Waals surface area (Å²) in [6.45, 7) is 1.56. The van der Waals surface area contributed by atoms with Crippen molar-refractivity contribution in [2.75, 3.05) is 0 Å². The highest BCUT2D eigenvalue weighted by atomic mass is 35.5. The van der Waals surface area contributed by atoms with Gasteiger partial charge in [0.05, 0.1) is 6.10 Å². The predicted molar refractivity (Wildman–Crippen MR) is 48.5 cm³/mol. The molecule has 0 aliphatic heterocycles. The normalized spacial score (nSPS) is 12.9. The Labute approximate surface area is 80.6 Å². The Morgan fingerprint density at radius 2 is 2.15 bits per heavy atom. The molecule has 1 unspecified atom stereocenters. The lowest BCUT2D eigenvalue weighted by Gasteiger charge is -2.07.